The van der Waals surface area contributed by atoms with Gasteiger partial charge in [0.2, 0.25) is 0 Å². The number of β-amino-alcohol motifs (C(OH)–C–C–N with tert-alkyl or cyclic N) is 1. The van der Waals surface area contributed by atoms with Crippen molar-refractivity contribution in [2.75, 3.05) is 19.8 Å². The smallest absolute Gasteiger partial charge is 0.0897 e. The first kappa shape index (κ1) is 17.9. The molecule has 0 amide bonds. The predicted octanol–water partition coefficient (Wildman–Crippen LogP) is 2.97. The molecular formula is C15H33NO2. The molecule has 0 unspecified atom stereocenters. The van der Waals surface area contributed by atoms with Gasteiger partial charge in [0.25, 0.3) is 0 Å². The lowest BCUT2D eigenvalue weighted by atomic mass is 9.82. The van der Waals surface area contributed by atoms with Crippen LogP contribution in [-0.2, 0) is 4.74 Å². The predicted molar refractivity (Wildman–Crippen MR) is 77.9 cm³/mol. The Morgan fingerprint density at radius 3 is 2.28 bits per heavy atom. The first-order chi connectivity index (χ1) is 8.16. The van der Waals surface area contributed by atoms with Crippen LogP contribution in [0.25, 0.3) is 0 Å². The van der Waals surface area contributed by atoms with E-state index in [1.807, 2.05) is 0 Å². The molecule has 0 bridgehead atoms. The van der Waals surface area contributed by atoms with Crippen LogP contribution in [0.15, 0.2) is 0 Å². The number of aliphatic hydroxyl groups is 1. The minimum Gasteiger partial charge on any atom is -0.389 e. The number of ether oxygens (including phenoxy) is 1. The molecule has 0 saturated heterocycles. The molecule has 3 heteroatoms. The first-order valence-electron chi connectivity index (χ1n) is 7.17. The Bertz CT molecular complexity index is 209. The number of hydrogen-bond acceptors (Lipinski definition) is 3. The molecule has 0 aromatic carbocycles. The zero-order valence-corrected chi connectivity index (χ0v) is 13.2. The summed E-state index contributed by atoms with van der Waals surface area (Å²) in [4.78, 5) is 0. The molecule has 0 aromatic heterocycles. The van der Waals surface area contributed by atoms with Gasteiger partial charge in [0, 0.05) is 18.7 Å². The van der Waals surface area contributed by atoms with Gasteiger partial charge in [0.05, 0.1) is 12.7 Å². The molecule has 0 aliphatic rings. The minimum absolute atomic E-state index is 0.0443. The van der Waals surface area contributed by atoms with Crippen molar-refractivity contribution in [2.24, 2.45) is 5.41 Å². The van der Waals surface area contributed by atoms with E-state index in [9.17, 15) is 5.11 Å². The molecule has 0 aliphatic carbocycles. The SMILES string of the molecule is CCCCOC[C@@H](O)CNC(C)(C)CC(C)(C)C. The highest BCUT2D eigenvalue weighted by Gasteiger charge is 2.25. The monoisotopic (exact) mass is 259 g/mol. The van der Waals surface area contributed by atoms with Crippen LogP contribution in [0, 0.1) is 5.41 Å². The van der Waals surface area contributed by atoms with Crippen molar-refractivity contribution >= 4 is 0 Å². The molecule has 0 spiro atoms. The van der Waals surface area contributed by atoms with E-state index in [1.54, 1.807) is 0 Å². The molecule has 1 atom stereocenters. The summed E-state index contributed by atoms with van der Waals surface area (Å²) in [6.07, 6.45) is 2.85. The largest absolute Gasteiger partial charge is 0.389 e. The average Bonchev–Trinajstić information content (AvgIpc) is 2.18. The van der Waals surface area contributed by atoms with E-state index in [-0.39, 0.29) is 5.54 Å². The summed E-state index contributed by atoms with van der Waals surface area (Å²) in [5.74, 6) is 0. The second kappa shape index (κ2) is 8.13. The average molecular weight is 259 g/mol. The third-order valence-electron chi connectivity index (χ3n) is 2.74. The normalized spacial score (nSPS) is 14.8. The molecule has 0 aromatic rings. The number of aliphatic hydroxyl groups excluding tert-OH is 1. The number of nitrogens with one attached hydrogen (secondary N) is 1. The van der Waals surface area contributed by atoms with Crippen molar-refractivity contribution in [3.05, 3.63) is 0 Å². The summed E-state index contributed by atoms with van der Waals surface area (Å²) in [6.45, 7) is 15.0. The van der Waals surface area contributed by atoms with Crippen LogP contribution >= 0.6 is 0 Å². The molecule has 0 saturated carbocycles. The summed E-state index contributed by atoms with van der Waals surface area (Å²) in [6, 6.07) is 0. The van der Waals surface area contributed by atoms with Crippen LogP contribution in [-0.4, -0.2) is 36.5 Å². The van der Waals surface area contributed by atoms with Crippen LogP contribution < -0.4 is 5.32 Å². The Hall–Kier alpha value is -0.120. The fraction of sp³-hybridized carbons (Fsp3) is 1.00. The maximum atomic E-state index is 9.82. The highest BCUT2D eigenvalue weighted by Crippen LogP contribution is 2.26. The summed E-state index contributed by atoms with van der Waals surface area (Å²) in [7, 11) is 0. The van der Waals surface area contributed by atoms with E-state index in [1.165, 1.54) is 0 Å². The van der Waals surface area contributed by atoms with Crippen molar-refractivity contribution in [3.8, 4) is 0 Å². The van der Waals surface area contributed by atoms with Crippen molar-refractivity contribution in [2.45, 2.75) is 72.4 Å². The zero-order valence-electron chi connectivity index (χ0n) is 13.2. The van der Waals surface area contributed by atoms with Gasteiger partial charge in [0.15, 0.2) is 0 Å². The van der Waals surface area contributed by atoms with Gasteiger partial charge in [-0.05, 0) is 32.1 Å². The van der Waals surface area contributed by atoms with Gasteiger partial charge >= 0.3 is 0 Å². The molecule has 3 nitrogen and oxygen atoms in total. The molecule has 0 aliphatic heterocycles. The highest BCUT2D eigenvalue weighted by molar-refractivity contribution is 4.84. The second-order valence-corrected chi connectivity index (χ2v) is 7.08. The Kier molecular flexibility index (Phi) is 8.08. The molecule has 2 N–H and O–H groups in total. The third kappa shape index (κ3) is 11.0. The quantitative estimate of drug-likeness (QED) is 0.626. The van der Waals surface area contributed by atoms with Gasteiger partial charge in [-0.15, -0.1) is 0 Å². The number of unbranched alkanes of at least 4 members (excludes halogenated alkanes) is 1. The van der Waals surface area contributed by atoms with E-state index in [0.717, 1.165) is 25.9 Å². The summed E-state index contributed by atoms with van der Waals surface area (Å²) in [5.41, 5.74) is 0.335. The Morgan fingerprint density at radius 2 is 1.78 bits per heavy atom. The summed E-state index contributed by atoms with van der Waals surface area (Å²) in [5, 5.41) is 13.2. The number of rotatable bonds is 9. The minimum atomic E-state index is -0.416. The van der Waals surface area contributed by atoms with Crippen molar-refractivity contribution < 1.29 is 9.84 Å². The lowest BCUT2D eigenvalue weighted by Gasteiger charge is -2.34. The molecule has 0 radical (unpaired) electrons. The maximum Gasteiger partial charge on any atom is 0.0897 e. The molecule has 0 heterocycles. The van der Waals surface area contributed by atoms with Gasteiger partial charge in [0.1, 0.15) is 0 Å². The fourth-order valence-electron chi connectivity index (χ4n) is 2.31. The summed E-state index contributed by atoms with van der Waals surface area (Å²) < 4.78 is 5.41. The molecular weight excluding hydrogens is 226 g/mol. The van der Waals surface area contributed by atoms with E-state index in [0.29, 0.717) is 18.6 Å². The highest BCUT2D eigenvalue weighted by atomic mass is 16.5. The number of hydrogen-bond donors (Lipinski definition) is 2. The van der Waals surface area contributed by atoms with E-state index in [2.05, 4.69) is 46.9 Å². The lowest BCUT2D eigenvalue weighted by molar-refractivity contribution is 0.0311. The van der Waals surface area contributed by atoms with Crippen LogP contribution in [0.2, 0.25) is 0 Å². The van der Waals surface area contributed by atoms with Crippen molar-refractivity contribution in [1.29, 1.82) is 0 Å². The van der Waals surface area contributed by atoms with Crippen molar-refractivity contribution in [3.63, 3.8) is 0 Å². The molecule has 0 rings (SSSR count). The first-order valence-corrected chi connectivity index (χ1v) is 7.17. The van der Waals surface area contributed by atoms with Gasteiger partial charge in [-0.2, -0.15) is 0 Å². The van der Waals surface area contributed by atoms with Crippen molar-refractivity contribution in [1.82, 2.24) is 5.32 Å². The Morgan fingerprint density at radius 1 is 1.17 bits per heavy atom. The third-order valence-corrected chi connectivity index (χ3v) is 2.74. The fourth-order valence-corrected chi connectivity index (χ4v) is 2.31. The van der Waals surface area contributed by atoms with E-state index >= 15 is 0 Å². The Balaban J connectivity index is 3.79. The standard InChI is InChI=1S/C15H33NO2/c1-7-8-9-18-11-13(17)10-16-15(5,6)12-14(2,3)4/h13,16-17H,7-12H2,1-6H3/t13-/m0/s1. The van der Waals surface area contributed by atoms with E-state index < -0.39 is 6.10 Å². The molecule has 0 fully saturated rings. The van der Waals surface area contributed by atoms with Gasteiger partial charge in [-0.3, -0.25) is 0 Å². The lowest BCUT2D eigenvalue weighted by Crippen LogP contribution is -2.46. The van der Waals surface area contributed by atoms with Crippen LogP contribution in [0.4, 0.5) is 0 Å². The van der Waals surface area contributed by atoms with Crippen LogP contribution in [0.1, 0.15) is 60.8 Å². The van der Waals surface area contributed by atoms with Crippen LogP contribution in [0.5, 0.6) is 0 Å². The van der Waals surface area contributed by atoms with Gasteiger partial charge in [-0.1, -0.05) is 34.1 Å². The van der Waals surface area contributed by atoms with Gasteiger partial charge < -0.3 is 15.2 Å². The topological polar surface area (TPSA) is 41.5 Å². The maximum absolute atomic E-state index is 9.82. The Labute approximate surface area is 113 Å². The molecule has 110 valence electrons. The molecule has 18 heavy (non-hydrogen) atoms. The van der Waals surface area contributed by atoms with Crippen LogP contribution in [0.3, 0.4) is 0 Å². The van der Waals surface area contributed by atoms with E-state index in [4.69, 9.17) is 4.74 Å². The summed E-state index contributed by atoms with van der Waals surface area (Å²) >= 11 is 0. The zero-order chi connectivity index (χ0) is 14.2. The second-order valence-electron chi connectivity index (χ2n) is 7.08. The van der Waals surface area contributed by atoms with Gasteiger partial charge in [-0.25, -0.2) is 0 Å².